The molecule has 8 heteroatoms. The average Bonchev–Trinajstić information content (AvgIpc) is 3.30. The SMILES string of the molecule is CC1CCCN1c1nc(-c2ccccc2)cc(N2CCN(c3ncc(CO)cc3Cl)C[C@H]2C)n1. The molecule has 4 heterocycles. The molecule has 0 spiro atoms. The fourth-order valence-electron chi connectivity index (χ4n) is 4.96. The minimum absolute atomic E-state index is 0.0629. The summed E-state index contributed by atoms with van der Waals surface area (Å²) in [7, 11) is 0. The number of pyridine rings is 1. The number of hydrogen-bond acceptors (Lipinski definition) is 7. The molecule has 178 valence electrons. The molecule has 0 bridgehead atoms. The lowest BCUT2D eigenvalue weighted by atomic mass is 10.1. The number of benzene rings is 1. The molecule has 2 aliphatic rings. The molecule has 2 aromatic heterocycles. The lowest BCUT2D eigenvalue weighted by molar-refractivity contribution is 0.281. The summed E-state index contributed by atoms with van der Waals surface area (Å²) in [5.41, 5.74) is 2.78. The number of aromatic nitrogens is 3. The van der Waals surface area contributed by atoms with Gasteiger partial charge >= 0.3 is 0 Å². The number of rotatable bonds is 5. The van der Waals surface area contributed by atoms with Crippen molar-refractivity contribution in [2.24, 2.45) is 0 Å². The molecule has 2 aliphatic heterocycles. The monoisotopic (exact) mass is 478 g/mol. The summed E-state index contributed by atoms with van der Waals surface area (Å²) < 4.78 is 0. The summed E-state index contributed by atoms with van der Waals surface area (Å²) in [6.07, 6.45) is 4.04. The summed E-state index contributed by atoms with van der Waals surface area (Å²) in [6, 6.07) is 14.9. The molecule has 5 rings (SSSR count). The predicted octanol–water partition coefficient (Wildman–Crippen LogP) is 4.39. The smallest absolute Gasteiger partial charge is 0.228 e. The van der Waals surface area contributed by atoms with Crippen molar-refractivity contribution in [1.29, 1.82) is 0 Å². The Morgan fingerprint density at radius 1 is 1.00 bits per heavy atom. The van der Waals surface area contributed by atoms with Crippen LogP contribution in [0, 0.1) is 0 Å². The first-order chi connectivity index (χ1) is 16.5. The Bertz CT molecular complexity index is 1140. The number of piperazine rings is 1. The van der Waals surface area contributed by atoms with Gasteiger partial charge in [0.2, 0.25) is 5.95 Å². The maximum Gasteiger partial charge on any atom is 0.228 e. The molecular formula is C26H31ClN6O. The van der Waals surface area contributed by atoms with E-state index in [4.69, 9.17) is 21.6 Å². The van der Waals surface area contributed by atoms with Crippen LogP contribution in [0.3, 0.4) is 0 Å². The molecule has 34 heavy (non-hydrogen) atoms. The van der Waals surface area contributed by atoms with Crippen molar-refractivity contribution in [3.05, 3.63) is 59.2 Å². The van der Waals surface area contributed by atoms with Crippen molar-refractivity contribution < 1.29 is 5.11 Å². The molecule has 1 aromatic carbocycles. The van der Waals surface area contributed by atoms with Crippen LogP contribution >= 0.6 is 11.6 Å². The molecule has 0 radical (unpaired) electrons. The summed E-state index contributed by atoms with van der Waals surface area (Å²) in [5.74, 6) is 2.55. The van der Waals surface area contributed by atoms with Gasteiger partial charge in [-0.3, -0.25) is 0 Å². The first-order valence-corrected chi connectivity index (χ1v) is 12.4. The van der Waals surface area contributed by atoms with Crippen LogP contribution in [0.1, 0.15) is 32.3 Å². The molecule has 2 fully saturated rings. The molecule has 7 nitrogen and oxygen atoms in total. The Kier molecular flexibility index (Phi) is 6.57. The van der Waals surface area contributed by atoms with E-state index in [1.165, 1.54) is 12.8 Å². The van der Waals surface area contributed by atoms with Gasteiger partial charge in [0.25, 0.3) is 0 Å². The Balaban J connectivity index is 1.44. The van der Waals surface area contributed by atoms with Gasteiger partial charge in [-0.15, -0.1) is 0 Å². The molecule has 0 amide bonds. The molecule has 2 atom stereocenters. The van der Waals surface area contributed by atoms with E-state index in [0.717, 1.165) is 60.6 Å². The van der Waals surface area contributed by atoms with E-state index in [9.17, 15) is 5.11 Å². The molecule has 1 N–H and O–H groups in total. The number of anilines is 3. The largest absolute Gasteiger partial charge is 0.392 e. The van der Waals surface area contributed by atoms with E-state index in [0.29, 0.717) is 11.1 Å². The molecule has 1 unspecified atom stereocenters. The highest BCUT2D eigenvalue weighted by Gasteiger charge is 2.29. The molecule has 0 saturated carbocycles. The first kappa shape index (κ1) is 22.9. The van der Waals surface area contributed by atoms with E-state index in [1.807, 2.05) is 6.07 Å². The summed E-state index contributed by atoms with van der Waals surface area (Å²) in [6.45, 7) is 7.78. The standard InChI is InChI=1S/C26H31ClN6O/c1-18-7-6-10-33(18)26-29-23(21-8-4-3-5-9-21)14-24(30-26)32-12-11-31(16-19(32)2)25-22(27)13-20(17-34)15-28-25/h3-5,8-9,13-15,18-19,34H,6-7,10-12,16-17H2,1-2H3/t18?,19-/m1/s1. The maximum absolute atomic E-state index is 9.35. The maximum atomic E-state index is 9.35. The van der Waals surface area contributed by atoms with Crippen molar-refractivity contribution >= 4 is 29.2 Å². The molecule has 0 aliphatic carbocycles. The van der Waals surface area contributed by atoms with E-state index in [2.05, 4.69) is 63.9 Å². The lowest BCUT2D eigenvalue weighted by Gasteiger charge is -2.41. The van der Waals surface area contributed by atoms with E-state index in [-0.39, 0.29) is 12.6 Å². The molecule has 2 saturated heterocycles. The molecular weight excluding hydrogens is 448 g/mol. The first-order valence-electron chi connectivity index (χ1n) is 12.0. The highest BCUT2D eigenvalue weighted by molar-refractivity contribution is 6.33. The third-order valence-corrected chi connectivity index (χ3v) is 7.14. The number of nitrogens with zero attached hydrogens (tertiary/aromatic N) is 6. The third kappa shape index (κ3) is 4.55. The fraction of sp³-hybridized carbons (Fsp3) is 0.423. The van der Waals surface area contributed by atoms with E-state index >= 15 is 0 Å². The topological polar surface area (TPSA) is 68.6 Å². The van der Waals surface area contributed by atoms with Crippen molar-refractivity contribution in [3.8, 4) is 11.3 Å². The minimum Gasteiger partial charge on any atom is -0.392 e. The summed E-state index contributed by atoms with van der Waals surface area (Å²) in [5, 5.41) is 9.93. The Morgan fingerprint density at radius 2 is 1.82 bits per heavy atom. The quantitative estimate of drug-likeness (QED) is 0.583. The van der Waals surface area contributed by atoms with Crippen LogP contribution in [0.4, 0.5) is 17.6 Å². The summed E-state index contributed by atoms with van der Waals surface area (Å²) in [4.78, 5) is 21.5. The number of aliphatic hydroxyl groups is 1. The van der Waals surface area contributed by atoms with Crippen LogP contribution in [-0.4, -0.2) is 58.3 Å². The normalized spacial score (nSPS) is 20.8. The van der Waals surface area contributed by atoms with Crippen molar-refractivity contribution in [1.82, 2.24) is 15.0 Å². The summed E-state index contributed by atoms with van der Waals surface area (Å²) >= 11 is 6.48. The van der Waals surface area contributed by atoms with Gasteiger partial charge in [-0.05, 0) is 38.3 Å². The van der Waals surface area contributed by atoms with Gasteiger partial charge in [0.1, 0.15) is 11.6 Å². The fourth-order valence-corrected chi connectivity index (χ4v) is 5.27. The zero-order valence-electron chi connectivity index (χ0n) is 19.7. The van der Waals surface area contributed by atoms with E-state index < -0.39 is 0 Å². The van der Waals surface area contributed by atoms with Gasteiger partial charge in [-0.2, -0.15) is 4.98 Å². The Hall–Kier alpha value is -2.90. The second-order valence-electron chi connectivity index (χ2n) is 9.26. The van der Waals surface area contributed by atoms with Gasteiger partial charge in [-0.1, -0.05) is 41.9 Å². The highest BCUT2D eigenvalue weighted by Crippen LogP contribution is 2.32. The van der Waals surface area contributed by atoms with Crippen molar-refractivity contribution in [2.75, 3.05) is 40.9 Å². The van der Waals surface area contributed by atoms with Gasteiger partial charge < -0.3 is 19.8 Å². The second kappa shape index (κ2) is 9.76. The third-order valence-electron chi connectivity index (χ3n) is 6.86. The second-order valence-corrected chi connectivity index (χ2v) is 9.66. The number of aliphatic hydroxyl groups excluding tert-OH is 1. The Labute approximate surface area is 206 Å². The average molecular weight is 479 g/mol. The van der Waals surface area contributed by atoms with Crippen LogP contribution < -0.4 is 14.7 Å². The van der Waals surface area contributed by atoms with Crippen molar-refractivity contribution in [2.45, 2.75) is 45.4 Å². The molecule has 3 aromatic rings. The van der Waals surface area contributed by atoms with Crippen LogP contribution in [0.5, 0.6) is 0 Å². The Morgan fingerprint density at radius 3 is 2.50 bits per heavy atom. The zero-order valence-corrected chi connectivity index (χ0v) is 20.5. The van der Waals surface area contributed by atoms with Crippen molar-refractivity contribution in [3.63, 3.8) is 0 Å². The number of halogens is 1. The van der Waals surface area contributed by atoms with Gasteiger partial charge in [0.05, 0.1) is 17.3 Å². The van der Waals surface area contributed by atoms with Crippen LogP contribution in [0.2, 0.25) is 5.02 Å². The van der Waals surface area contributed by atoms with Crippen LogP contribution in [-0.2, 0) is 6.61 Å². The number of hydrogen-bond donors (Lipinski definition) is 1. The van der Waals surface area contributed by atoms with Gasteiger partial charge in [0.15, 0.2) is 0 Å². The predicted molar refractivity (Wildman–Crippen MR) is 138 cm³/mol. The highest BCUT2D eigenvalue weighted by atomic mass is 35.5. The van der Waals surface area contributed by atoms with Gasteiger partial charge in [0, 0.05) is 56.1 Å². The minimum atomic E-state index is -0.0629. The zero-order chi connectivity index (χ0) is 23.7. The van der Waals surface area contributed by atoms with E-state index in [1.54, 1.807) is 12.3 Å². The lowest BCUT2D eigenvalue weighted by Crippen LogP contribution is -2.52. The van der Waals surface area contributed by atoms with Gasteiger partial charge in [-0.25, -0.2) is 9.97 Å². The van der Waals surface area contributed by atoms with Crippen LogP contribution in [0.25, 0.3) is 11.3 Å². The van der Waals surface area contributed by atoms with Crippen LogP contribution in [0.15, 0.2) is 48.7 Å².